The third-order valence-electron chi connectivity index (χ3n) is 4.58. The van der Waals surface area contributed by atoms with E-state index in [4.69, 9.17) is 9.47 Å². The molecule has 8 heteroatoms. The summed E-state index contributed by atoms with van der Waals surface area (Å²) in [7, 11) is 1.52. The maximum absolute atomic E-state index is 12.0. The fraction of sp³-hybridized carbons (Fsp3) is 0.400. The summed E-state index contributed by atoms with van der Waals surface area (Å²) in [5.41, 5.74) is 1.50. The number of carbonyl (C=O) groups is 2. The largest absolute Gasteiger partial charge is 0.437 e. The van der Waals surface area contributed by atoms with Crippen LogP contribution in [-0.2, 0) is 14.3 Å². The van der Waals surface area contributed by atoms with Crippen molar-refractivity contribution < 1.29 is 19.1 Å². The highest BCUT2D eigenvalue weighted by molar-refractivity contribution is 5.88. The third kappa shape index (κ3) is 5.04. The minimum absolute atomic E-state index is 0.0100. The van der Waals surface area contributed by atoms with Crippen LogP contribution in [0, 0.1) is 0 Å². The van der Waals surface area contributed by atoms with Crippen LogP contribution in [-0.4, -0.2) is 53.5 Å². The Bertz CT molecular complexity index is 817. The van der Waals surface area contributed by atoms with Gasteiger partial charge in [0.1, 0.15) is 18.1 Å². The van der Waals surface area contributed by atoms with E-state index in [2.05, 4.69) is 15.3 Å². The molecule has 2 heterocycles. The van der Waals surface area contributed by atoms with E-state index in [1.807, 2.05) is 4.90 Å². The topological polar surface area (TPSA) is 93.7 Å². The van der Waals surface area contributed by atoms with Crippen LogP contribution in [0.15, 0.2) is 36.7 Å². The van der Waals surface area contributed by atoms with E-state index in [1.54, 1.807) is 36.7 Å². The Morgan fingerprint density at radius 3 is 2.46 bits per heavy atom. The lowest BCUT2D eigenvalue weighted by atomic mass is 9.93. The molecule has 1 aliphatic heterocycles. The summed E-state index contributed by atoms with van der Waals surface area (Å²) in [5.74, 6) is 1.14. The monoisotopic (exact) mass is 384 g/mol. The van der Waals surface area contributed by atoms with Gasteiger partial charge >= 0.3 is 0 Å². The number of methoxy groups -OCH3 is 1. The lowest BCUT2D eigenvalue weighted by Gasteiger charge is -2.31. The van der Waals surface area contributed by atoms with E-state index in [1.165, 1.54) is 14.0 Å². The zero-order chi connectivity index (χ0) is 19.9. The molecule has 1 aliphatic rings. The summed E-state index contributed by atoms with van der Waals surface area (Å²) in [6, 6.07) is 7.09. The maximum atomic E-state index is 12.0. The summed E-state index contributed by atoms with van der Waals surface area (Å²) >= 11 is 0. The first-order chi connectivity index (χ1) is 13.6. The number of nitrogens with zero attached hydrogens (tertiary/aromatic N) is 3. The van der Waals surface area contributed by atoms with Crippen LogP contribution in [0.2, 0.25) is 0 Å². The molecule has 0 atom stereocenters. The normalized spacial score (nSPS) is 14.6. The van der Waals surface area contributed by atoms with Crippen LogP contribution >= 0.6 is 0 Å². The Morgan fingerprint density at radius 1 is 1.14 bits per heavy atom. The van der Waals surface area contributed by atoms with Gasteiger partial charge in [-0.3, -0.25) is 14.6 Å². The number of carbonyl (C=O) groups excluding carboxylic acids is 2. The van der Waals surface area contributed by atoms with E-state index < -0.39 is 0 Å². The van der Waals surface area contributed by atoms with Crippen LogP contribution in [0.1, 0.15) is 31.4 Å². The Morgan fingerprint density at radius 2 is 1.82 bits per heavy atom. The van der Waals surface area contributed by atoms with Gasteiger partial charge in [0.2, 0.25) is 17.7 Å². The standard InChI is InChI=1S/C20H24N4O4/c1-14(25)23-16-3-5-17(6-4-16)28-20-19(21-9-10-22-20)15-7-11-24(12-8-15)18(26)13-27-2/h3-6,9-10,15H,7-8,11-13H2,1-2H3,(H,23,25). The van der Waals surface area contributed by atoms with Crippen molar-refractivity contribution in [1.29, 1.82) is 0 Å². The number of benzene rings is 1. The SMILES string of the molecule is COCC(=O)N1CCC(c2nccnc2Oc2ccc(NC(C)=O)cc2)CC1. The molecule has 3 rings (SSSR count). The van der Waals surface area contributed by atoms with E-state index >= 15 is 0 Å². The zero-order valence-corrected chi connectivity index (χ0v) is 16.1. The fourth-order valence-electron chi connectivity index (χ4n) is 3.23. The molecule has 1 saturated heterocycles. The molecule has 2 amide bonds. The minimum Gasteiger partial charge on any atom is -0.437 e. The number of anilines is 1. The number of amides is 2. The van der Waals surface area contributed by atoms with Gasteiger partial charge < -0.3 is 19.7 Å². The summed E-state index contributed by atoms with van der Waals surface area (Å²) in [5, 5.41) is 2.72. The van der Waals surface area contributed by atoms with Crippen molar-refractivity contribution in [1.82, 2.24) is 14.9 Å². The quantitative estimate of drug-likeness (QED) is 0.823. The number of nitrogens with one attached hydrogen (secondary N) is 1. The molecule has 1 fully saturated rings. The van der Waals surface area contributed by atoms with Crippen LogP contribution in [0.3, 0.4) is 0 Å². The smallest absolute Gasteiger partial charge is 0.248 e. The highest BCUT2D eigenvalue weighted by Crippen LogP contribution is 2.33. The first-order valence-electron chi connectivity index (χ1n) is 9.20. The zero-order valence-electron chi connectivity index (χ0n) is 16.1. The van der Waals surface area contributed by atoms with Gasteiger partial charge in [-0.2, -0.15) is 0 Å². The van der Waals surface area contributed by atoms with Gasteiger partial charge in [-0.25, -0.2) is 4.98 Å². The Kier molecular flexibility index (Phi) is 6.54. The van der Waals surface area contributed by atoms with Crippen molar-refractivity contribution in [2.75, 3.05) is 32.1 Å². The van der Waals surface area contributed by atoms with Gasteiger partial charge in [-0.05, 0) is 37.1 Å². The molecule has 8 nitrogen and oxygen atoms in total. The number of rotatable bonds is 6. The molecule has 0 saturated carbocycles. The van der Waals surface area contributed by atoms with Crippen molar-refractivity contribution in [2.45, 2.75) is 25.7 Å². The van der Waals surface area contributed by atoms with Crippen molar-refractivity contribution in [2.24, 2.45) is 0 Å². The molecule has 2 aromatic rings. The summed E-state index contributed by atoms with van der Waals surface area (Å²) in [6.07, 6.45) is 4.85. The van der Waals surface area contributed by atoms with Crippen LogP contribution in [0.4, 0.5) is 5.69 Å². The van der Waals surface area contributed by atoms with Gasteiger partial charge in [-0.15, -0.1) is 0 Å². The number of hydrogen-bond donors (Lipinski definition) is 1. The number of ether oxygens (including phenoxy) is 2. The molecular formula is C20H24N4O4. The van der Waals surface area contributed by atoms with Crippen molar-refractivity contribution in [3.05, 3.63) is 42.4 Å². The van der Waals surface area contributed by atoms with Gasteiger partial charge in [0.15, 0.2) is 0 Å². The van der Waals surface area contributed by atoms with Crippen LogP contribution < -0.4 is 10.1 Å². The van der Waals surface area contributed by atoms with E-state index in [9.17, 15) is 9.59 Å². The fourth-order valence-corrected chi connectivity index (χ4v) is 3.23. The van der Waals surface area contributed by atoms with E-state index in [0.29, 0.717) is 30.4 Å². The number of aromatic nitrogens is 2. The molecule has 0 unspecified atom stereocenters. The average molecular weight is 384 g/mol. The highest BCUT2D eigenvalue weighted by atomic mass is 16.5. The third-order valence-corrected chi connectivity index (χ3v) is 4.58. The first-order valence-corrected chi connectivity index (χ1v) is 9.20. The van der Waals surface area contributed by atoms with E-state index in [0.717, 1.165) is 18.5 Å². The molecule has 0 aliphatic carbocycles. The van der Waals surface area contributed by atoms with Crippen molar-refractivity contribution >= 4 is 17.5 Å². The average Bonchev–Trinajstić information content (AvgIpc) is 2.70. The molecule has 0 bridgehead atoms. The molecule has 0 spiro atoms. The molecule has 28 heavy (non-hydrogen) atoms. The summed E-state index contributed by atoms with van der Waals surface area (Å²) < 4.78 is 10.9. The number of hydrogen-bond acceptors (Lipinski definition) is 6. The van der Waals surface area contributed by atoms with Gasteiger partial charge in [0.25, 0.3) is 0 Å². The molecule has 148 valence electrons. The van der Waals surface area contributed by atoms with Crippen molar-refractivity contribution in [3.8, 4) is 11.6 Å². The van der Waals surface area contributed by atoms with E-state index in [-0.39, 0.29) is 24.3 Å². The minimum atomic E-state index is -0.125. The van der Waals surface area contributed by atoms with Crippen LogP contribution in [0.25, 0.3) is 0 Å². The van der Waals surface area contributed by atoms with Gasteiger partial charge in [0.05, 0.1) is 0 Å². The summed E-state index contributed by atoms with van der Waals surface area (Å²) in [4.78, 5) is 33.7. The second kappa shape index (κ2) is 9.27. The maximum Gasteiger partial charge on any atom is 0.248 e. The predicted molar refractivity (Wildman–Crippen MR) is 103 cm³/mol. The predicted octanol–water partition coefficient (Wildman–Crippen LogP) is 2.58. The molecule has 0 radical (unpaired) electrons. The lowest BCUT2D eigenvalue weighted by Crippen LogP contribution is -2.39. The molecule has 1 N–H and O–H groups in total. The number of likely N-dealkylation sites (tertiary alicyclic amines) is 1. The highest BCUT2D eigenvalue weighted by Gasteiger charge is 2.27. The van der Waals surface area contributed by atoms with Gasteiger partial charge in [0, 0.05) is 51.1 Å². The Balaban J connectivity index is 1.67. The second-order valence-electron chi connectivity index (χ2n) is 6.64. The van der Waals surface area contributed by atoms with Gasteiger partial charge in [-0.1, -0.05) is 0 Å². The second-order valence-corrected chi connectivity index (χ2v) is 6.64. The van der Waals surface area contributed by atoms with Crippen molar-refractivity contribution in [3.63, 3.8) is 0 Å². The first kappa shape index (κ1) is 19.8. The van der Waals surface area contributed by atoms with Crippen LogP contribution in [0.5, 0.6) is 11.6 Å². The lowest BCUT2D eigenvalue weighted by molar-refractivity contribution is -0.136. The Hall–Kier alpha value is -3.00. The Labute approximate surface area is 163 Å². The molecule has 1 aromatic carbocycles. The number of piperidine rings is 1. The summed E-state index contributed by atoms with van der Waals surface area (Å²) in [6.45, 7) is 2.89. The molecule has 1 aromatic heterocycles. The molecular weight excluding hydrogens is 360 g/mol.